The number of ether oxygens (including phenoxy) is 1. The highest BCUT2D eigenvalue weighted by atomic mass is 19.1. The Morgan fingerprint density at radius 2 is 1.57 bits per heavy atom. The molecule has 0 saturated heterocycles. The van der Waals surface area contributed by atoms with Crippen molar-refractivity contribution in [3.8, 4) is 5.75 Å². The molecule has 40 heavy (non-hydrogen) atoms. The van der Waals surface area contributed by atoms with Crippen LogP contribution >= 0.6 is 0 Å². The molecule has 1 unspecified atom stereocenters. The highest BCUT2D eigenvalue weighted by Gasteiger charge is 2.32. The molecule has 5 nitrogen and oxygen atoms in total. The molecule has 0 aromatic heterocycles. The first-order valence-electron chi connectivity index (χ1n) is 14.3. The lowest BCUT2D eigenvalue weighted by molar-refractivity contribution is -0.143. The van der Waals surface area contributed by atoms with Crippen LogP contribution in [0.2, 0.25) is 0 Å². The average molecular weight is 545 g/mol. The van der Waals surface area contributed by atoms with Gasteiger partial charge in [-0.25, -0.2) is 4.39 Å². The van der Waals surface area contributed by atoms with Gasteiger partial charge < -0.3 is 15.0 Å². The van der Waals surface area contributed by atoms with Crippen molar-refractivity contribution in [1.82, 2.24) is 10.2 Å². The van der Waals surface area contributed by atoms with Gasteiger partial charge in [-0.3, -0.25) is 9.59 Å². The lowest BCUT2D eigenvalue weighted by Gasteiger charge is -2.33. The maximum Gasteiger partial charge on any atom is 0.261 e. The first-order chi connectivity index (χ1) is 19.2. The predicted octanol–water partition coefficient (Wildman–Crippen LogP) is 6.59. The van der Waals surface area contributed by atoms with E-state index in [2.05, 4.69) is 26.1 Å². The van der Waals surface area contributed by atoms with Gasteiger partial charge in [-0.05, 0) is 47.6 Å². The molecular weight excluding hydrogens is 503 g/mol. The van der Waals surface area contributed by atoms with E-state index in [4.69, 9.17) is 4.74 Å². The fourth-order valence-corrected chi connectivity index (χ4v) is 5.19. The fraction of sp³-hybridized carbons (Fsp3) is 0.412. The van der Waals surface area contributed by atoms with Crippen LogP contribution in [0.25, 0.3) is 0 Å². The van der Waals surface area contributed by atoms with Gasteiger partial charge >= 0.3 is 0 Å². The summed E-state index contributed by atoms with van der Waals surface area (Å²) in [6.07, 6.45) is 5.51. The van der Waals surface area contributed by atoms with E-state index >= 15 is 0 Å². The van der Waals surface area contributed by atoms with E-state index in [1.54, 1.807) is 18.2 Å². The fourth-order valence-electron chi connectivity index (χ4n) is 5.19. The number of hydrogen-bond donors (Lipinski definition) is 1. The van der Waals surface area contributed by atoms with Crippen LogP contribution in [0, 0.1) is 5.82 Å². The molecule has 1 atom stereocenters. The third-order valence-electron chi connectivity index (χ3n) is 7.60. The minimum absolute atomic E-state index is 0.00125. The van der Waals surface area contributed by atoms with E-state index in [1.165, 1.54) is 17.4 Å². The summed E-state index contributed by atoms with van der Waals surface area (Å²) in [5, 5.41) is 3.20. The normalized spacial score (nSPS) is 14.8. The van der Waals surface area contributed by atoms with Crippen molar-refractivity contribution in [2.75, 3.05) is 6.61 Å². The van der Waals surface area contributed by atoms with Crippen molar-refractivity contribution < 1.29 is 18.7 Å². The summed E-state index contributed by atoms with van der Waals surface area (Å²) in [5.41, 5.74) is 2.45. The first-order valence-corrected chi connectivity index (χ1v) is 14.3. The van der Waals surface area contributed by atoms with Crippen molar-refractivity contribution in [3.63, 3.8) is 0 Å². The van der Waals surface area contributed by atoms with Gasteiger partial charge in [-0.15, -0.1) is 0 Å². The number of amides is 2. The van der Waals surface area contributed by atoms with Gasteiger partial charge in [0.15, 0.2) is 6.61 Å². The molecule has 3 aromatic carbocycles. The van der Waals surface area contributed by atoms with Crippen molar-refractivity contribution in [2.24, 2.45) is 0 Å². The third-order valence-corrected chi connectivity index (χ3v) is 7.60. The maximum absolute atomic E-state index is 14.8. The predicted molar refractivity (Wildman–Crippen MR) is 157 cm³/mol. The second kappa shape index (κ2) is 13.6. The highest BCUT2D eigenvalue weighted by molar-refractivity contribution is 5.88. The van der Waals surface area contributed by atoms with Crippen LogP contribution in [0.1, 0.15) is 69.6 Å². The van der Waals surface area contributed by atoms with E-state index in [0.29, 0.717) is 17.7 Å². The number of nitrogens with zero attached hydrogens (tertiary/aromatic N) is 1. The SMILES string of the molecule is CC(C)(C)c1ccc(OCC(=O)N(Cc2ccccc2F)C(Cc2ccccc2)C(=O)NC2CCCCC2)cc1. The van der Waals surface area contributed by atoms with Gasteiger partial charge in [0.2, 0.25) is 5.91 Å². The Morgan fingerprint density at radius 1 is 0.925 bits per heavy atom. The van der Waals surface area contributed by atoms with Gasteiger partial charge in [-0.1, -0.05) is 101 Å². The Kier molecular flexibility index (Phi) is 9.97. The largest absolute Gasteiger partial charge is 0.484 e. The first kappa shape index (κ1) is 29.3. The second-order valence-electron chi connectivity index (χ2n) is 11.7. The maximum atomic E-state index is 14.8. The number of benzene rings is 3. The highest BCUT2D eigenvalue weighted by Crippen LogP contribution is 2.25. The average Bonchev–Trinajstić information content (AvgIpc) is 2.95. The summed E-state index contributed by atoms with van der Waals surface area (Å²) in [4.78, 5) is 29.1. The minimum atomic E-state index is -0.816. The molecule has 1 aliphatic carbocycles. The van der Waals surface area contributed by atoms with Gasteiger partial charge in [0.05, 0.1) is 0 Å². The van der Waals surface area contributed by atoms with Gasteiger partial charge in [0.25, 0.3) is 5.91 Å². The van der Waals surface area contributed by atoms with Gasteiger partial charge in [0.1, 0.15) is 17.6 Å². The monoisotopic (exact) mass is 544 g/mol. The van der Waals surface area contributed by atoms with Crippen LogP contribution in [-0.4, -0.2) is 35.4 Å². The molecule has 0 heterocycles. The molecule has 0 aliphatic heterocycles. The Morgan fingerprint density at radius 3 is 2.23 bits per heavy atom. The molecule has 0 bridgehead atoms. The van der Waals surface area contributed by atoms with Crippen LogP contribution in [0.3, 0.4) is 0 Å². The van der Waals surface area contributed by atoms with Crippen molar-refractivity contribution in [2.45, 2.75) is 83.3 Å². The van der Waals surface area contributed by atoms with E-state index in [0.717, 1.165) is 36.8 Å². The molecule has 2 amide bonds. The standard InChI is InChI=1S/C34H41FN2O3/c1-34(2,3)27-18-20-29(21-19-27)40-24-32(38)37(23-26-14-10-11-17-30(26)35)31(22-25-12-6-4-7-13-25)33(39)36-28-15-8-5-9-16-28/h4,6-7,10-14,17-21,28,31H,5,8-9,15-16,22-24H2,1-3H3,(H,36,39). The van der Waals surface area contributed by atoms with E-state index in [9.17, 15) is 14.0 Å². The molecule has 1 aliphatic rings. The van der Waals surface area contributed by atoms with Gasteiger partial charge in [-0.2, -0.15) is 0 Å². The molecule has 1 N–H and O–H groups in total. The molecule has 0 spiro atoms. The van der Waals surface area contributed by atoms with E-state index in [1.807, 2.05) is 54.6 Å². The number of carbonyl (C=O) groups is 2. The van der Waals surface area contributed by atoms with Crippen molar-refractivity contribution >= 4 is 11.8 Å². The smallest absolute Gasteiger partial charge is 0.261 e. The molecule has 1 fully saturated rings. The number of nitrogens with one attached hydrogen (secondary N) is 1. The zero-order valence-corrected chi connectivity index (χ0v) is 23.9. The summed E-state index contributed by atoms with van der Waals surface area (Å²) >= 11 is 0. The lowest BCUT2D eigenvalue weighted by atomic mass is 9.87. The van der Waals surface area contributed by atoms with Crippen molar-refractivity contribution in [3.05, 3.63) is 101 Å². The molecule has 212 valence electrons. The molecular formula is C34H41FN2O3. The Bertz CT molecular complexity index is 1250. The molecule has 6 heteroatoms. The summed E-state index contributed by atoms with van der Waals surface area (Å²) in [7, 11) is 0. The number of hydrogen-bond acceptors (Lipinski definition) is 3. The second-order valence-corrected chi connectivity index (χ2v) is 11.7. The Labute approximate surface area is 237 Å². The quantitative estimate of drug-likeness (QED) is 0.313. The number of carbonyl (C=O) groups excluding carboxylic acids is 2. The lowest BCUT2D eigenvalue weighted by Crippen LogP contribution is -2.53. The van der Waals surface area contributed by atoms with Crippen molar-refractivity contribution in [1.29, 1.82) is 0 Å². The molecule has 1 saturated carbocycles. The zero-order chi connectivity index (χ0) is 28.5. The van der Waals surface area contributed by atoms with E-state index < -0.39 is 11.9 Å². The minimum Gasteiger partial charge on any atom is -0.484 e. The van der Waals surface area contributed by atoms with Crippen LogP contribution in [0.4, 0.5) is 4.39 Å². The van der Waals surface area contributed by atoms with Crippen LogP contribution in [0.5, 0.6) is 5.75 Å². The topological polar surface area (TPSA) is 58.6 Å². The van der Waals surface area contributed by atoms with Crippen LogP contribution in [-0.2, 0) is 28.0 Å². The summed E-state index contributed by atoms with van der Waals surface area (Å²) in [5.74, 6) is -0.429. The number of halogens is 1. The Balaban J connectivity index is 1.59. The molecule has 4 rings (SSSR count). The third kappa shape index (κ3) is 8.17. The van der Waals surface area contributed by atoms with Gasteiger partial charge in [0, 0.05) is 24.6 Å². The summed E-state index contributed by atoms with van der Waals surface area (Å²) in [6, 6.07) is 23.0. The number of rotatable bonds is 10. The molecule has 3 aromatic rings. The zero-order valence-electron chi connectivity index (χ0n) is 23.9. The molecule has 0 radical (unpaired) electrons. The summed E-state index contributed by atoms with van der Waals surface area (Å²) < 4.78 is 20.7. The summed E-state index contributed by atoms with van der Waals surface area (Å²) in [6.45, 7) is 6.12. The Hall–Kier alpha value is -3.67. The van der Waals surface area contributed by atoms with Crippen LogP contribution < -0.4 is 10.1 Å². The van der Waals surface area contributed by atoms with E-state index in [-0.39, 0.29) is 36.4 Å². The van der Waals surface area contributed by atoms with Crippen LogP contribution in [0.15, 0.2) is 78.9 Å².